The second-order valence-electron chi connectivity index (χ2n) is 7.52. The van der Waals surface area contributed by atoms with Crippen molar-refractivity contribution in [1.82, 2.24) is 4.98 Å². The molecular weight excluding hydrogens is 505 g/mol. The number of carbonyl (C=O) groups is 2. The lowest BCUT2D eigenvalue weighted by Crippen LogP contribution is -2.30. The van der Waals surface area contributed by atoms with Crippen molar-refractivity contribution in [3.05, 3.63) is 106 Å². The Hall–Kier alpha value is -4.21. The quantitative estimate of drug-likeness (QED) is 0.297. The first kappa shape index (κ1) is 23.5. The lowest BCUT2D eigenvalue weighted by Gasteiger charge is -2.14. The Kier molecular flexibility index (Phi) is 6.41. The van der Waals surface area contributed by atoms with Crippen LogP contribution in [-0.2, 0) is 4.79 Å². The lowest BCUT2D eigenvalue weighted by molar-refractivity contribution is -0.113. The van der Waals surface area contributed by atoms with E-state index < -0.39 is 17.7 Å². The molecule has 1 fully saturated rings. The maximum absolute atomic E-state index is 14.6. The number of hydrogen-bond donors (Lipinski definition) is 1. The van der Waals surface area contributed by atoms with E-state index in [4.69, 9.17) is 16.0 Å². The zero-order valence-corrected chi connectivity index (χ0v) is 19.8. The molecule has 0 spiro atoms. The van der Waals surface area contributed by atoms with Gasteiger partial charge in [-0.3, -0.25) is 4.79 Å². The van der Waals surface area contributed by atoms with E-state index in [1.807, 2.05) is 0 Å². The molecule has 1 N–H and O–H groups in total. The minimum Gasteiger partial charge on any atom is -0.478 e. The number of nitrogens with zero attached hydrogens (tertiary/aromatic N) is 3. The monoisotopic (exact) mass is 519 g/mol. The Morgan fingerprint density at radius 3 is 2.67 bits per heavy atom. The van der Waals surface area contributed by atoms with Crippen molar-refractivity contribution in [2.24, 2.45) is 4.99 Å². The van der Waals surface area contributed by atoms with Crippen LogP contribution in [0.1, 0.15) is 16.1 Å². The second-order valence-corrected chi connectivity index (χ2v) is 8.96. The third-order valence-corrected chi connectivity index (χ3v) is 6.32. The Bertz CT molecular complexity index is 1550. The van der Waals surface area contributed by atoms with E-state index in [0.29, 0.717) is 27.8 Å². The average molecular weight is 520 g/mol. The molecule has 0 aliphatic carbocycles. The highest BCUT2D eigenvalue weighted by molar-refractivity contribution is 8.19. The fourth-order valence-electron chi connectivity index (χ4n) is 3.42. The molecule has 1 aliphatic rings. The number of furan rings is 1. The van der Waals surface area contributed by atoms with Gasteiger partial charge in [-0.25, -0.2) is 24.1 Å². The number of rotatable bonds is 5. The van der Waals surface area contributed by atoms with Crippen molar-refractivity contribution in [3.8, 4) is 11.3 Å². The number of benzene rings is 2. The molecular formula is C26H15ClFN3O4S. The summed E-state index contributed by atoms with van der Waals surface area (Å²) in [5.41, 5.74) is 1.23. The number of carboxylic acids is 1. The van der Waals surface area contributed by atoms with E-state index >= 15 is 0 Å². The standard InChI is InChI=1S/C26H15ClFN3O4S/c27-17-6-8-18(9-7-17)30-26-31(23-20(28)5-2-12-29-23)24(32)22(36-26)14-19-10-11-21(35-19)15-3-1-4-16(13-15)25(33)34/h1-14H,(H,33,34). The van der Waals surface area contributed by atoms with Gasteiger partial charge in [-0.2, -0.15) is 0 Å². The molecule has 1 saturated heterocycles. The molecule has 1 amide bonds. The molecule has 0 radical (unpaired) electrons. The second kappa shape index (κ2) is 9.80. The maximum Gasteiger partial charge on any atom is 0.335 e. The average Bonchev–Trinajstić information content (AvgIpc) is 3.46. The predicted octanol–water partition coefficient (Wildman–Crippen LogP) is 6.64. The van der Waals surface area contributed by atoms with Crippen molar-refractivity contribution in [1.29, 1.82) is 0 Å². The van der Waals surface area contributed by atoms with Crippen LogP contribution in [0.15, 0.2) is 93.3 Å². The minimum absolute atomic E-state index is 0.126. The first-order valence-electron chi connectivity index (χ1n) is 10.5. The third-order valence-electron chi connectivity index (χ3n) is 5.10. The van der Waals surface area contributed by atoms with Gasteiger partial charge in [0.05, 0.1) is 16.2 Å². The maximum atomic E-state index is 14.6. The van der Waals surface area contributed by atoms with E-state index in [1.165, 1.54) is 36.5 Å². The number of carbonyl (C=O) groups excluding carboxylic acids is 1. The van der Waals surface area contributed by atoms with Crippen LogP contribution in [0.5, 0.6) is 0 Å². The molecule has 10 heteroatoms. The molecule has 0 unspecified atom stereocenters. The Labute approximate surface area is 213 Å². The smallest absolute Gasteiger partial charge is 0.335 e. The fourth-order valence-corrected chi connectivity index (χ4v) is 4.51. The van der Waals surface area contributed by atoms with E-state index in [9.17, 15) is 19.1 Å². The Balaban J connectivity index is 1.51. The molecule has 0 saturated carbocycles. The molecule has 3 heterocycles. The van der Waals surface area contributed by atoms with Crippen LogP contribution in [-0.4, -0.2) is 27.1 Å². The van der Waals surface area contributed by atoms with Crippen molar-refractivity contribution in [2.45, 2.75) is 0 Å². The van der Waals surface area contributed by atoms with Crippen LogP contribution in [0.2, 0.25) is 5.02 Å². The van der Waals surface area contributed by atoms with Crippen molar-refractivity contribution >= 4 is 58.0 Å². The number of amidine groups is 1. The van der Waals surface area contributed by atoms with Gasteiger partial charge in [0.2, 0.25) is 0 Å². The normalized spacial score (nSPS) is 15.7. The highest BCUT2D eigenvalue weighted by Crippen LogP contribution is 2.38. The number of aliphatic imine (C=N–C) groups is 1. The predicted molar refractivity (Wildman–Crippen MR) is 137 cm³/mol. The zero-order chi connectivity index (χ0) is 25.2. The summed E-state index contributed by atoms with van der Waals surface area (Å²) in [7, 11) is 0. The molecule has 0 atom stereocenters. The van der Waals surface area contributed by atoms with Crippen LogP contribution in [0, 0.1) is 5.82 Å². The van der Waals surface area contributed by atoms with Gasteiger partial charge in [0.1, 0.15) is 11.5 Å². The summed E-state index contributed by atoms with van der Waals surface area (Å²) < 4.78 is 20.4. The summed E-state index contributed by atoms with van der Waals surface area (Å²) in [5, 5.41) is 9.98. The third kappa shape index (κ3) is 4.79. The number of halogens is 2. The van der Waals surface area contributed by atoms with Gasteiger partial charge in [0, 0.05) is 22.9 Å². The molecule has 1 aliphatic heterocycles. The highest BCUT2D eigenvalue weighted by atomic mass is 35.5. The summed E-state index contributed by atoms with van der Waals surface area (Å²) >= 11 is 7.00. The summed E-state index contributed by atoms with van der Waals surface area (Å²) in [6.07, 6.45) is 2.91. The molecule has 4 aromatic rings. The minimum atomic E-state index is -1.05. The molecule has 2 aromatic heterocycles. The van der Waals surface area contributed by atoms with Gasteiger partial charge < -0.3 is 9.52 Å². The van der Waals surface area contributed by atoms with Gasteiger partial charge >= 0.3 is 5.97 Å². The number of aromatic nitrogens is 1. The van der Waals surface area contributed by atoms with Crippen LogP contribution in [0.4, 0.5) is 15.9 Å². The van der Waals surface area contributed by atoms with Crippen molar-refractivity contribution in [2.75, 3.05) is 4.90 Å². The summed E-state index contributed by atoms with van der Waals surface area (Å²) in [4.78, 5) is 34.5. The summed E-state index contributed by atoms with van der Waals surface area (Å²) in [6.45, 7) is 0. The van der Waals surface area contributed by atoms with Crippen LogP contribution >= 0.6 is 23.4 Å². The molecule has 7 nitrogen and oxygen atoms in total. The number of hydrogen-bond acceptors (Lipinski definition) is 6. The van der Waals surface area contributed by atoms with Gasteiger partial charge in [-0.1, -0.05) is 23.7 Å². The Morgan fingerprint density at radius 1 is 1.11 bits per heavy atom. The van der Waals surface area contributed by atoms with Crippen LogP contribution in [0.25, 0.3) is 17.4 Å². The SMILES string of the molecule is O=C(O)c1cccc(-c2ccc(C=C3SC(=Nc4ccc(Cl)cc4)N(c4ncccc4F)C3=O)o2)c1. The Morgan fingerprint density at radius 2 is 1.92 bits per heavy atom. The molecule has 178 valence electrons. The largest absolute Gasteiger partial charge is 0.478 e. The molecule has 0 bridgehead atoms. The first-order valence-corrected chi connectivity index (χ1v) is 11.7. The van der Waals surface area contributed by atoms with E-state index in [2.05, 4.69) is 9.98 Å². The fraction of sp³-hybridized carbons (Fsp3) is 0. The number of thioether (sulfide) groups is 1. The zero-order valence-electron chi connectivity index (χ0n) is 18.3. The van der Waals surface area contributed by atoms with Gasteiger partial charge in [-0.05, 0) is 72.4 Å². The molecule has 5 rings (SSSR count). The van der Waals surface area contributed by atoms with E-state index in [1.54, 1.807) is 48.5 Å². The summed E-state index contributed by atoms with van der Waals surface area (Å²) in [5.74, 6) is -1.62. The van der Waals surface area contributed by atoms with E-state index in [-0.39, 0.29) is 21.5 Å². The van der Waals surface area contributed by atoms with Crippen molar-refractivity contribution < 1.29 is 23.5 Å². The molecule has 36 heavy (non-hydrogen) atoms. The highest BCUT2D eigenvalue weighted by Gasteiger charge is 2.37. The van der Waals surface area contributed by atoms with E-state index in [0.717, 1.165) is 16.7 Å². The molecule has 2 aromatic carbocycles. The number of amides is 1. The van der Waals surface area contributed by atoms with Gasteiger partial charge in [0.25, 0.3) is 5.91 Å². The number of aromatic carboxylic acids is 1. The first-order chi connectivity index (χ1) is 17.4. The number of anilines is 1. The number of pyridine rings is 1. The lowest BCUT2D eigenvalue weighted by atomic mass is 10.1. The van der Waals surface area contributed by atoms with Gasteiger partial charge in [-0.15, -0.1) is 0 Å². The summed E-state index contributed by atoms with van der Waals surface area (Å²) in [6, 6.07) is 19.0. The van der Waals surface area contributed by atoms with Crippen LogP contribution < -0.4 is 4.90 Å². The van der Waals surface area contributed by atoms with Crippen LogP contribution in [0.3, 0.4) is 0 Å². The number of carboxylic acid groups (broad SMARTS) is 1. The topological polar surface area (TPSA) is 96.0 Å². The van der Waals surface area contributed by atoms with Crippen molar-refractivity contribution in [3.63, 3.8) is 0 Å². The van der Waals surface area contributed by atoms with Gasteiger partial charge in [0.15, 0.2) is 16.8 Å².